The predicted octanol–water partition coefficient (Wildman–Crippen LogP) is 3.84. The molecule has 1 heterocycles. The minimum absolute atomic E-state index is 0.0278. The number of rotatable bonds is 9. The van der Waals surface area contributed by atoms with Crippen LogP contribution in [0.2, 0.25) is 0 Å². The molecule has 0 saturated heterocycles. The highest BCUT2D eigenvalue weighted by Crippen LogP contribution is 2.11. The first kappa shape index (κ1) is 18.3. The lowest BCUT2D eigenvalue weighted by molar-refractivity contribution is -0.116. The SMILES string of the molecule is C=C/C=C(\C=C/C)Cc1cncn1CC(=O)/C(C)=C/C=NC=C. The topological polar surface area (TPSA) is 47.2 Å². The average Bonchev–Trinajstić information content (AvgIpc) is 2.95. The Morgan fingerprint density at radius 1 is 1.39 bits per heavy atom. The summed E-state index contributed by atoms with van der Waals surface area (Å²) in [4.78, 5) is 20.3. The van der Waals surface area contributed by atoms with Gasteiger partial charge in [-0.2, -0.15) is 0 Å². The van der Waals surface area contributed by atoms with Gasteiger partial charge in [-0.25, -0.2) is 4.98 Å². The van der Waals surface area contributed by atoms with Gasteiger partial charge in [0.15, 0.2) is 5.78 Å². The minimum atomic E-state index is 0.0278. The Kier molecular flexibility index (Phi) is 8.00. The van der Waals surface area contributed by atoms with Crippen LogP contribution >= 0.6 is 0 Å². The number of Topliss-reactive ketones (excluding diaryl/α,β-unsaturated/α-hetero) is 1. The van der Waals surface area contributed by atoms with Crippen LogP contribution in [-0.4, -0.2) is 21.5 Å². The van der Waals surface area contributed by atoms with E-state index in [9.17, 15) is 4.79 Å². The maximum Gasteiger partial charge on any atom is 0.178 e. The van der Waals surface area contributed by atoms with Gasteiger partial charge in [-0.05, 0) is 31.1 Å². The van der Waals surface area contributed by atoms with Gasteiger partial charge in [0.2, 0.25) is 0 Å². The molecule has 0 aliphatic carbocycles. The van der Waals surface area contributed by atoms with E-state index in [1.807, 2.05) is 29.7 Å². The van der Waals surface area contributed by atoms with Crippen LogP contribution in [0.15, 0.2) is 78.4 Å². The summed E-state index contributed by atoms with van der Waals surface area (Å²) in [5.74, 6) is 0.0278. The van der Waals surface area contributed by atoms with Crippen molar-refractivity contribution in [1.82, 2.24) is 9.55 Å². The zero-order chi connectivity index (χ0) is 17.1. The second-order valence-corrected chi connectivity index (χ2v) is 4.92. The third-order valence-corrected chi connectivity index (χ3v) is 3.17. The smallest absolute Gasteiger partial charge is 0.178 e. The van der Waals surface area contributed by atoms with Crippen molar-refractivity contribution in [3.05, 3.63) is 79.1 Å². The largest absolute Gasteiger partial charge is 0.326 e. The van der Waals surface area contributed by atoms with Gasteiger partial charge in [0.05, 0.1) is 12.9 Å². The summed E-state index contributed by atoms with van der Waals surface area (Å²) in [5.41, 5.74) is 2.74. The van der Waals surface area contributed by atoms with Crippen molar-refractivity contribution in [3.8, 4) is 0 Å². The molecule has 4 heteroatoms. The van der Waals surface area contributed by atoms with Gasteiger partial charge >= 0.3 is 0 Å². The molecule has 0 aromatic carbocycles. The molecule has 0 N–H and O–H groups in total. The predicted molar refractivity (Wildman–Crippen MR) is 96.5 cm³/mol. The maximum absolute atomic E-state index is 12.2. The van der Waals surface area contributed by atoms with Crippen LogP contribution in [0.1, 0.15) is 19.5 Å². The van der Waals surface area contributed by atoms with Gasteiger partial charge in [-0.15, -0.1) is 0 Å². The van der Waals surface area contributed by atoms with E-state index < -0.39 is 0 Å². The summed E-state index contributed by atoms with van der Waals surface area (Å²) in [6.45, 7) is 11.2. The molecule has 0 amide bonds. The van der Waals surface area contributed by atoms with E-state index in [0.29, 0.717) is 12.0 Å². The summed E-state index contributed by atoms with van der Waals surface area (Å²) in [7, 11) is 0. The molecular formula is C19H23N3O. The molecule has 0 aliphatic heterocycles. The molecule has 4 nitrogen and oxygen atoms in total. The summed E-state index contributed by atoms with van der Waals surface area (Å²) in [5, 5.41) is 0. The highest BCUT2D eigenvalue weighted by molar-refractivity contribution is 5.98. The van der Waals surface area contributed by atoms with Crippen molar-refractivity contribution >= 4 is 12.0 Å². The number of hydrogen-bond donors (Lipinski definition) is 0. The Morgan fingerprint density at radius 3 is 2.83 bits per heavy atom. The molecule has 1 aromatic rings. The van der Waals surface area contributed by atoms with Crippen LogP contribution < -0.4 is 0 Å². The van der Waals surface area contributed by atoms with Gasteiger partial charge in [0.25, 0.3) is 0 Å². The fraction of sp³-hybridized carbons (Fsp3) is 0.211. The number of aliphatic imine (C=N–C) groups is 1. The van der Waals surface area contributed by atoms with Crippen LogP contribution in [0, 0.1) is 0 Å². The first-order chi connectivity index (χ1) is 11.1. The highest BCUT2D eigenvalue weighted by atomic mass is 16.1. The molecule has 0 bridgehead atoms. The molecular weight excluding hydrogens is 286 g/mol. The third-order valence-electron chi connectivity index (χ3n) is 3.17. The monoisotopic (exact) mass is 309 g/mol. The molecule has 0 spiro atoms. The quantitative estimate of drug-likeness (QED) is 0.395. The standard InChI is InChI=1S/C19H23N3O/c1-5-8-17(9-6-2)12-18-13-21-15-22(18)14-19(23)16(4)10-11-20-7-3/h5-11,13,15H,1,3,12,14H2,2,4H3/b9-6-,16-10+,17-8+,20-11?. The van der Waals surface area contributed by atoms with E-state index in [0.717, 1.165) is 11.3 Å². The van der Waals surface area contributed by atoms with Crippen molar-refractivity contribution in [2.24, 2.45) is 4.99 Å². The minimum Gasteiger partial charge on any atom is -0.326 e. The highest BCUT2D eigenvalue weighted by Gasteiger charge is 2.09. The number of imidazole rings is 1. The molecule has 0 radical (unpaired) electrons. The van der Waals surface area contributed by atoms with Crippen molar-refractivity contribution in [3.63, 3.8) is 0 Å². The van der Waals surface area contributed by atoms with Crippen LogP contribution in [0.3, 0.4) is 0 Å². The molecule has 0 atom stereocenters. The molecule has 1 rings (SSSR count). The van der Waals surface area contributed by atoms with Gasteiger partial charge in [-0.1, -0.05) is 37.5 Å². The van der Waals surface area contributed by atoms with Crippen molar-refractivity contribution < 1.29 is 4.79 Å². The zero-order valence-corrected chi connectivity index (χ0v) is 13.8. The van der Waals surface area contributed by atoms with Gasteiger partial charge in [0.1, 0.15) is 0 Å². The van der Waals surface area contributed by atoms with Gasteiger partial charge < -0.3 is 4.57 Å². The number of nitrogens with zero attached hydrogens (tertiary/aromatic N) is 3. The zero-order valence-electron chi connectivity index (χ0n) is 13.8. The van der Waals surface area contributed by atoms with E-state index in [-0.39, 0.29) is 12.3 Å². The van der Waals surface area contributed by atoms with Crippen LogP contribution in [0.25, 0.3) is 0 Å². The Balaban J connectivity index is 2.86. The lowest BCUT2D eigenvalue weighted by Gasteiger charge is -2.08. The number of carbonyl (C=O) groups excluding carboxylic acids is 1. The lowest BCUT2D eigenvalue weighted by atomic mass is 10.1. The molecule has 0 fully saturated rings. The van der Waals surface area contributed by atoms with E-state index in [1.165, 1.54) is 6.20 Å². The van der Waals surface area contributed by atoms with Gasteiger partial charge in [-0.3, -0.25) is 9.79 Å². The van der Waals surface area contributed by atoms with E-state index in [4.69, 9.17) is 0 Å². The van der Waals surface area contributed by atoms with E-state index >= 15 is 0 Å². The number of aromatic nitrogens is 2. The van der Waals surface area contributed by atoms with Crippen LogP contribution in [0.4, 0.5) is 0 Å². The maximum atomic E-state index is 12.2. The molecule has 1 aromatic heterocycles. The molecule has 0 unspecified atom stereocenters. The molecule has 0 saturated carbocycles. The number of ketones is 1. The summed E-state index contributed by atoms with van der Waals surface area (Å²) in [6.07, 6.45) is 16.6. The van der Waals surface area contributed by atoms with E-state index in [2.05, 4.69) is 23.1 Å². The normalized spacial score (nSPS) is 13.0. The average molecular weight is 309 g/mol. The summed E-state index contributed by atoms with van der Waals surface area (Å²) >= 11 is 0. The van der Waals surface area contributed by atoms with E-state index in [1.54, 1.807) is 37.8 Å². The first-order valence-electron chi connectivity index (χ1n) is 7.39. The molecule has 0 aliphatic rings. The number of allylic oxidation sites excluding steroid dienone is 7. The Morgan fingerprint density at radius 2 is 2.17 bits per heavy atom. The molecule has 23 heavy (non-hydrogen) atoms. The van der Waals surface area contributed by atoms with Crippen molar-refractivity contribution in [2.45, 2.75) is 26.8 Å². The Bertz CT molecular complexity index is 673. The van der Waals surface area contributed by atoms with Crippen molar-refractivity contribution in [2.75, 3.05) is 0 Å². The summed E-state index contributed by atoms with van der Waals surface area (Å²) < 4.78 is 1.87. The van der Waals surface area contributed by atoms with Crippen molar-refractivity contribution in [1.29, 1.82) is 0 Å². The summed E-state index contributed by atoms with van der Waals surface area (Å²) in [6, 6.07) is 0. The second kappa shape index (κ2) is 10.1. The van der Waals surface area contributed by atoms with Crippen LogP contribution in [-0.2, 0) is 17.8 Å². The Labute approximate surface area is 138 Å². The fourth-order valence-corrected chi connectivity index (χ4v) is 1.97. The lowest BCUT2D eigenvalue weighted by Crippen LogP contribution is -2.13. The molecule has 120 valence electrons. The third kappa shape index (κ3) is 6.26. The first-order valence-corrected chi connectivity index (χ1v) is 7.39. The number of hydrogen-bond acceptors (Lipinski definition) is 3. The number of carbonyl (C=O) groups is 1. The Hall–Kier alpha value is -2.75. The second-order valence-electron chi connectivity index (χ2n) is 4.92. The van der Waals surface area contributed by atoms with Crippen LogP contribution in [0.5, 0.6) is 0 Å². The fourth-order valence-electron chi connectivity index (χ4n) is 1.97. The van der Waals surface area contributed by atoms with Gasteiger partial charge in [0, 0.05) is 30.7 Å².